The largest absolute Gasteiger partial charge is 0.467 e. The Morgan fingerprint density at radius 2 is 2.16 bits per heavy atom. The molecule has 3 aromatic rings. The first kappa shape index (κ1) is 22.3. The number of furan rings is 1. The van der Waals surface area contributed by atoms with Crippen LogP contribution < -0.4 is 10.9 Å². The maximum absolute atomic E-state index is 13.3. The van der Waals surface area contributed by atoms with Crippen molar-refractivity contribution in [2.45, 2.75) is 19.9 Å². The van der Waals surface area contributed by atoms with Crippen LogP contribution in [0.15, 0.2) is 50.8 Å². The van der Waals surface area contributed by atoms with E-state index in [0.29, 0.717) is 45.2 Å². The number of pyridine rings is 1. The van der Waals surface area contributed by atoms with E-state index in [1.54, 1.807) is 43.8 Å². The molecule has 0 aliphatic carbocycles. The van der Waals surface area contributed by atoms with Crippen LogP contribution in [0.4, 0.5) is 5.82 Å². The van der Waals surface area contributed by atoms with Crippen molar-refractivity contribution in [1.82, 2.24) is 14.3 Å². The number of thioether (sulfide) groups is 1. The zero-order valence-electron chi connectivity index (χ0n) is 17.7. The van der Waals surface area contributed by atoms with E-state index in [1.807, 2.05) is 13.0 Å². The number of methoxy groups -OCH3 is 1. The Bertz CT molecular complexity index is 1250. The van der Waals surface area contributed by atoms with Gasteiger partial charge in [0.05, 0.1) is 23.3 Å². The van der Waals surface area contributed by atoms with Crippen LogP contribution in [-0.4, -0.2) is 44.8 Å². The molecule has 0 bridgehead atoms. The van der Waals surface area contributed by atoms with Crippen molar-refractivity contribution in [2.24, 2.45) is 0 Å². The molecule has 4 heterocycles. The van der Waals surface area contributed by atoms with Crippen LogP contribution in [0.25, 0.3) is 11.7 Å². The Hall–Kier alpha value is -2.95. The number of nitrogens with zero attached hydrogens (tertiary/aromatic N) is 3. The molecule has 1 aliphatic rings. The monoisotopic (exact) mass is 470 g/mol. The summed E-state index contributed by atoms with van der Waals surface area (Å²) in [4.78, 5) is 32.9. The average molecular weight is 471 g/mol. The fourth-order valence-electron chi connectivity index (χ4n) is 3.33. The summed E-state index contributed by atoms with van der Waals surface area (Å²) in [5.41, 5.74) is 1.49. The van der Waals surface area contributed by atoms with Crippen molar-refractivity contribution in [1.29, 1.82) is 0 Å². The minimum Gasteiger partial charge on any atom is -0.467 e. The molecule has 32 heavy (non-hydrogen) atoms. The van der Waals surface area contributed by atoms with E-state index in [1.165, 1.54) is 9.30 Å². The number of hydrogen-bond donors (Lipinski definition) is 1. The molecule has 1 fully saturated rings. The number of carbonyl (C=O) groups excluding carboxylic acids is 1. The zero-order chi connectivity index (χ0) is 22.7. The molecule has 1 N–H and O–H groups in total. The first-order valence-electron chi connectivity index (χ1n) is 10.0. The molecule has 1 saturated heterocycles. The van der Waals surface area contributed by atoms with Crippen molar-refractivity contribution in [3.63, 3.8) is 0 Å². The lowest BCUT2D eigenvalue weighted by atomic mass is 10.2. The molecule has 8 nitrogen and oxygen atoms in total. The number of fused-ring (bicyclic) bond motifs is 1. The van der Waals surface area contributed by atoms with Gasteiger partial charge in [-0.15, -0.1) is 0 Å². The molecule has 0 radical (unpaired) electrons. The Morgan fingerprint density at radius 3 is 2.91 bits per heavy atom. The third-order valence-corrected chi connectivity index (χ3v) is 6.32. The number of amides is 1. The van der Waals surface area contributed by atoms with E-state index >= 15 is 0 Å². The highest BCUT2D eigenvalue weighted by atomic mass is 32.2. The van der Waals surface area contributed by atoms with Crippen LogP contribution in [0.3, 0.4) is 0 Å². The lowest BCUT2D eigenvalue weighted by Gasteiger charge is -2.13. The number of aromatic nitrogens is 2. The fourth-order valence-corrected chi connectivity index (χ4v) is 4.56. The Labute approximate surface area is 194 Å². The number of thiocarbonyl (C=S) groups is 1. The SMILES string of the molecule is COCCCNc1nc2c(C)cccn2c(=O)c1C=C1SC(=S)N(Cc2ccco2)C1=O. The van der Waals surface area contributed by atoms with Crippen LogP contribution in [0.5, 0.6) is 0 Å². The number of ether oxygens (including phenoxy) is 1. The third-order valence-electron chi connectivity index (χ3n) is 4.95. The summed E-state index contributed by atoms with van der Waals surface area (Å²) in [6, 6.07) is 7.24. The highest BCUT2D eigenvalue weighted by Crippen LogP contribution is 2.34. The number of aryl methyl sites for hydroxylation is 1. The molecule has 0 unspecified atom stereocenters. The summed E-state index contributed by atoms with van der Waals surface area (Å²) < 4.78 is 12.3. The van der Waals surface area contributed by atoms with Gasteiger partial charge in [-0.25, -0.2) is 4.98 Å². The molecular weight excluding hydrogens is 448 g/mol. The van der Waals surface area contributed by atoms with Gasteiger partial charge in [-0.1, -0.05) is 30.0 Å². The molecule has 3 aromatic heterocycles. The molecule has 1 aliphatic heterocycles. The second-order valence-corrected chi connectivity index (χ2v) is 8.86. The van der Waals surface area contributed by atoms with E-state index < -0.39 is 0 Å². The Morgan fingerprint density at radius 1 is 1.31 bits per heavy atom. The Kier molecular flexibility index (Phi) is 6.73. The van der Waals surface area contributed by atoms with Gasteiger partial charge in [0.15, 0.2) is 0 Å². The van der Waals surface area contributed by atoms with Gasteiger partial charge in [0, 0.05) is 26.5 Å². The van der Waals surface area contributed by atoms with Gasteiger partial charge in [-0.3, -0.25) is 18.9 Å². The molecule has 0 atom stereocenters. The van der Waals surface area contributed by atoms with Crippen molar-refractivity contribution >= 4 is 51.7 Å². The van der Waals surface area contributed by atoms with Gasteiger partial charge < -0.3 is 14.5 Å². The van der Waals surface area contributed by atoms with Gasteiger partial charge >= 0.3 is 0 Å². The van der Waals surface area contributed by atoms with Crippen molar-refractivity contribution in [2.75, 3.05) is 25.6 Å². The maximum Gasteiger partial charge on any atom is 0.267 e. The van der Waals surface area contributed by atoms with Gasteiger partial charge in [-0.2, -0.15) is 0 Å². The lowest BCUT2D eigenvalue weighted by Crippen LogP contribution is -2.27. The molecule has 10 heteroatoms. The quantitative estimate of drug-likeness (QED) is 0.304. The van der Waals surface area contributed by atoms with Gasteiger partial charge in [0.25, 0.3) is 11.5 Å². The molecule has 4 rings (SSSR count). The van der Waals surface area contributed by atoms with Gasteiger partial charge in [-0.05, 0) is 43.2 Å². The van der Waals surface area contributed by atoms with Crippen molar-refractivity contribution in [3.8, 4) is 0 Å². The van der Waals surface area contributed by atoms with Gasteiger partial charge in [0.2, 0.25) is 0 Å². The molecule has 0 saturated carbocycles. The van der Waals surface area contributed by atoms with Gasteiger partial charge in [0.1, 0.15) is 21.5 Å². The van der Waals surface area contributed by atoms with E-state index in [0.717, 1.165) is 23.7 Å². The summed E-state index contributed by atoms with van der Waals surface area (Å²) in [6.07, 6.45) is 5.54. The number of rotatable bonds is 8. The van der Waals surface area contributed by atoms with E-state index in [4.69, 9.17) is 21.4 Å². The number of nitrogens with one attached hydrogen (secondary N) is 1. The van der Waals surface area contributed by atoms with Crippen LogP contribution in [0.1, 0.15) is 23.3 Å². The summed E-state index contributed by atoms with van der Waals surface area (Å²) in [7, 11) is 1.64. The first-order valence-corrected chi connectivity index (χ1v) is 11.2. The van der Waals surface area contributed by atoms with Crippen LogP contribution in [0.2, 0.25) is 0 Å². The highest BCUT2D eigenvalue weighted by Gasteiger charge is 2.33. The summed E-state index contributed by atoms with van der Waals surface area (Å²) in [5.74, 6) is 0.790. The number of anilines is 1. The average Bonchev–Trinajstić information content (AvgIpc) is 3.38. The standard InChI is InChI=1S/C22H22N4O4S2/c1-14-6-3-9-25-19(14)24-18(23-8-5-10-29-2)16(20(25)27)12-17-21(28)26(22(31)32-17)13-15-7-4-11-30-15/h3-4,6-7,9,11-12,23H,5,8,10,13H2,1-2H3. The predicted molar refractivity (Wildman–Crippen MR) is 129 cm³/mol. The van der Waals surface area contributed by atoms with Crippen molar-refractivity contribution in [3.05, 3.63) is 68.9 Å². The van der Waals surface area contributed by atoms with E-state index in [-0.39, 0.29) is 18.0 Å². The molecule has 1 amide bonds. The summed E-state index contributed by atoms with van der Waals surface area (Å²) >= 11 is 6.56. The first-order chi connectivity index (χ1) is 15.5. The molecule has 0 spiro atoms. The summed E-state index contributed by atoms with van der Waals surface area (Å²) in [6.45, 7) is 3.29. The summed E-state index contributed by atoms with van der Waals surface area (Å²) in [5, 5.41) is 3.22. The predicted octanol–water partition coefficient (Wildman–Crippen LogP) is 3.45. The van der Waals surface area contributed by atoms with E-state index in [2.05, 4.69) is 10.3 Å². The topological polar surface area (TPSA) is 89.1 Å². The Balaban J connectivity index is 1.73. The number of hydrogen-bond acceptors (Lipinski definition) is 8. The molecular formula is C22H22N4O4S2. The maximum atomic E-state index is 13.3. The van der Waals surface area contributed by atoms with Crippen molar-refractivity contribution < 1.29 is 13.9 Å². The lowest BCUT2D eigenvalue weighted by molar-refractivity contribution is -0.122. The minimum atomic E-state index is -0.268. The fraction of sp³-hybridized carbons (Fsp3) is 0.273. The second kappa shape index (κ2) is 9.68. The molecule has 166 valence electrons. The van der Waals surface area contributed by atoms with Crippen LogP contribution in [0, 0.1) is 6.92 Å². The smallest absolute Gasteiger partial charge is 0.267 e. The van der Waals surface area contributed by atoms with E-state index in [9.17, 15) is 9.59 Å². The minimum absolute atomic E-state index is 0.241. The van der Waals surface area contributed by atoms with Crippen LogP contribution >= 0.6 is 24.0 Å². The normalized spacial score (nSPS) is 15.3. The third kappa shape index (κ3) is 4.47. The zero-order valence-corrected chi connectivity index (χ0v) is 19.3. The number of carbonyl (C=O) groups is 1. The highest BCUT2D eigenvalue weighted by molar-refractivity contribution is 8.26. The molecule has 0 aromatic carbocycles. The van der Waals surface area contributed by atoms with Crippen LogP contribution in [-0.2, 0) is 16.1 Å². The second-order valence-electron chi connectivity index (χ2n) is 7.18.